The Hall–Kier alpha value is -3.29. The molecule has 2 amide bonds. The minimum atomic E-state index is -0.644. The number of fused-ring (bicyclic) bond motifs is 3. The number of nitrogens with zero attached hydrogens (tertiary/aromatic N) is 1. The van der Waals surface area contributed by atoms with Crippen molar-refractivity contribution in [1.82, 2.24) is 0 Å². The number of hydrogen-bond donors (Lipinski definition) is 1. The highest BCUT2D eigenvalue weighted by Gasteiger charge is 2.56. The number of phenols is 1. The maximum atomic E-state index is 13.8. The van der Waals surface area contributed by atoms with Gasteiger partial charge in [0, 0.05) is 28.2 Å². The largest absolute Gasteiger partial charge is 0.508 e. The number of rotatable bonds is 2. The molecule has 0 aromatic heterocycles. The van der Waals surface area contributed by atoms with Crippen LogP contribution in [0.5, 0.6) is 5.75 Å². The monoisotopic (exact) mass is 563 g/mol. The van der Waals surface area contributed by atoms with E-state index in [0.29, 0.717) is 28.3 Å². The number of imide groups is 1. The van der Waals surface area contributed by atoms with E-state index in [4.69, 9.17) is 11.6 Å². The molecular weight excluding hydrogens is 546 g/mol. The van der Waals surface area contributed by atoms with Crippen LogP contribution >= 0.6 is 27.5 Å². The normalized spacial score (nSPS) is 27.4. The smallest absolute Gasteiger partial charge is 0.238 e. The molecule has 4 aliphatic rings. The fraction of sp³-hybridized carbons (Fsp3) is 0.214. The average molecular weight is 565 g/mol. The summed E-state index contributed by atoms with van der Waals surface area (Å²) in [5, 5.41) is 10.3. The molecule has 0 radical (unpaired) electrons. The Kier molecular flexibility index (Phi) is 5.39. The second kappa shape index (κ2) is 8.39. The first-order chi connectivity index (χ1) is 17.3. The summed E-state index contributed by atoms with van der Waals surface area (Å²) >= 11 is 9.23. The van der Waals surface area contributed by atoms with Crippen molar-refractivity contribution in [2.75, 3.05) is 4.90 Å². The molecule has 8 heteroatoms. The summed E-state index contributed by atoms with van der Waals surface area (Å²) in [6, 6.07) is 13.1. The van der Waals surface area contributed by atoms with Crippen molar-refractivity contribution < 1.29 is 24.3 Å². The third-order valence-corrected chi connectivity index (χ3v) is 8.48. The van der Waals surface area contributed by atoms with Crippen LogP contribution in [0.4, 0.5) is 5.69 Å². The van der Waals surface area contributed by atoms with E-state index in [0.717, 1.165) is 11.1 Å². The molecular formula is C28H19BrClNO5. The van der Waals surface area contributed by atoms with Gasteiger partial charge in [-0.2, -0.15) is 0 Å². The van der Waals surface area contributed by atoms with Gasteiger partial charge in [-0.05, 0) is 76.7 Å². The highest BCUT2D eigenvalue weighted by molar-refractivity contribution is 9.12. The first-order valence-corrected chi connectivity index (χ1v) is 12.7. The third-order valence-electron chi connectivity index (χ3n) is 7.64. The summed E-state index contributed by atoms with van der Waals surface area (Å²) in [6.07, 6.45) is 3.84. The van der Waals surface area contributed by atoms with E-state index in [-0.39, 0.29) is 40.0 Å². The lowest BCUT2D eigenvalue weighted by Gasteiger charge is -2.42. The number of hydrogen-bond acceptors (Lipinski definition) is 5. The van der Waals surface area contributed by atoms with Gasteiger partial charge < -0.3 is 5.11 Å². The van der Waals surface area contributed by atoms with Crippen LogP contribution in [-0.4, -0.2) is 28.5 Å². The summed E-state index contributed by atoms with van der Waals surface area (Å²) in [5.41, 5.74) is 2.85. The predicted octanol–water partition coefficient (Wildman–Crippen LogP) is 5.01. The van der Waals surface area contributed by atoms with Crippen LogP contribution in [0.1, 0.15) is 24.3 Å². The first kappa shape index (κ1) is 23.1. The van der Waals surface area contributed by atoms with Gasteiger partial charge in [-0.25, -0.2) is 0 Å². The fourth-order valence-electron chi connectivity index (χ4n) is 6.10. The van der Waals surface area contributed by atoms with E-state index in [1.807, 2.05) is 6.08 Å². The molecule has 1 heterocycles. The van der Waals surface area contributed by atoms with Crippen molar-refractivity contribution in [3.63, 3.8) is 0 Å². The number of allylic oxidation sites excluding steroid dienone is 6. The number of carbonyl (C=O) groups is 4. The zero-order valence-corrected chi connectivity index (χ0v) is 21.1. The summed E-state index contributed by atoms with van der Waals surface area (Å²) in [4.78, 5) is 54.8. The van der Waals surface area contributed by atoms with Crippen molar-refractivity contribution in [2.24, 2.45) is 17.8 Å². The lowest BCUT2D eigenvalue weighted by molar-refractivity contribution is -0.123. The number of amides is 2. The standard InChI is InChI=1S/C28H19BrClNO5/c29-21-12-22(33)25-20(26(21)34)11-19-17(23(25)13-1-7-16(32)8-2-13)9-10-18-24(19)28(36)31(27(18)35)15-5-3-14(30)4-6-15/h1-9,12,18-19,23-24,32H,10-11H2/t18-,19+,23-,24-/m0/s1. The number of halogens is 2. The molecule has 0 spiro atoms. The molecule has 1 N–H and O–H groups in total. The van der Waals surface area contributed by atoms with Gasteiger partial charge in [0.05, 0.1) is 22.0 Å². The van der Waals surface area contributed by atoms with Crippen molar-refractivity contribution >= 4 is 56.6 Å². The molecule has 0 bridgehead atoms. The molecule has 2 aromatic carbocycles. The van der Waals surface area contributed by atoms with E-state index >= 15 is 0 Å². The predicted molar refractivity (Wildman–Crippen MR) is 137 cm³/mol. The van der Waals surface area contributed by atoms with Crippen LogP contribution in [0.25, 0.3) is 0 Å². The van der Waals surface area contributed by atoms with E-state index in [1.165, 1.54) is 11.0 Å². The molecule has 4 atom stereocenters. The van der Waals surface area contributed by atoms with Crippen molar-refractivity contribution in [3.05, 3.63) is 92.5 Å². The molecule has 180 valence electrons. The number of benzene rings is 2. The molecule has 1 aliphatic heterocycles. The first-order valence-electron chi connectivity index (χ1n) is 11.6. The van der Waals surface area contributed by atoms with Gasteiger partial charge in [0.25, 0.3) is 0 Å². The molecule has 6 rings (SSSR count). The number of ketones is 2. The van der Waals surface area contributed by atoms with E-state index in [2.05, 4.69) is 15.9 Å². The Morgan fingerprint density at radius 2 is 1.61 bits per heavy atom. The summed E-state index contributed by atoms with van der Waals surface area (Å²) in [6.45, 7) is 0. The zero-order valence-electron chi connectivity index (χ0n) is 18.8. The second-order valence-electron chi connectivity index (χ2n) is 9.47. The highest BCUT2D eigenvalue weighted by Crippen LogP contribution is 2.55. The summed E-state index contributed by atoms with van der Waals surface area (Å²) < 4.78 is 0.187. The Labute approximate surface area is 220 Å². The lowest BCUT2D eigenvalue weighted by Crippen LogP contribution is -2.39. The van der Waals surface area contributed by atoms with E-state index in [9.17, 15) is 24.3 Å². The van der Waals surface area contributed by atoms with Crippen molar-refractivity contribution in [1.29, 1.82) is 0 Å². The molecule has 0 saturated carbocycles. The topological polar surface area (TPSA) is 91.8 Å². The molecule has 36 heavy (non-hydrogen) atoms. The van der Waals surface area contributed by atoms with Crippen LogP contribution < -0.4 is 4.90 Å². The second-order valence-corrected chi connectivity index (χ2v) is 10.8. The van der Waals surface area contributed by atoms with Crippen LogP contribution in [0.2, 0.25) is 5.02 Å². The molecule has 1 saturated heterocycles. The minimum absolute atomic E-state index is 0.0851. The number of aromatic hydroxyl groups is 1. The SMILES string of the molecule is O=C1C=C(Br)C(=O)C2=C1[C@@H](c1ccc(O)cc1)C1=CC[C@@H]3C(=O)N(c4ccc(Cl)cc4)C(=O)[C@@H]3[C@@H]1C2. The van der Waals surface area contributed by atoms with Crippen molar-refractivity contribution in [2.45, 2.75) is 18.8 Å². The Morgan fingerprint density at radius 1 is 0.917 bits per heavy atom. The third kappa shape index (κ3) is 3.37. The Bertz CT molecular complexity index is 1450. The van der Waals surface area contributed by atoms with Gasteiger partial charge in [0.15, 0.2) is 11.6 Å². The van der Waals surface area contributed by atoms with Crippen LogP contribution in [-0.2, 0) is 19.2 Å². The van der Waals surface area contributed by atoms with Gasteiger partial charge in [0.2, 0.25) is 11.8 Å². The number of Topliss-reactive ketones (excluding diaryl/α,β-unsaturated/α-hetero) is 1. The maximum absolute atomic E-state index is 13.8. The molecule has 1 fully saturated rings. The quantitative estimate of drug-likeness (QED) is 0.315. The van der Waals surface area contributed by atoms with Gasteiger partial charge in [-0.1, -0.05) is 35.4 Å². The summed E-state index contributed by atoms with van der Waals surface area (Å²) in [5.74, 6) is -3.16. The number of anilines is 1. The van der Waals surface area contributed by atoms with Crippen LogP contribution in [0.15, 0.2) is 81.9 Å². The molecule has 6 nitrogen and oxygen atoms in total. The maximum Gasteiger partial charge on any atom is 0.238 e. The van der Waals surface area contributed by atoms with Crippen molar-refractivity contribution in [3.8, 4) is 5.75 Å². The van der Waals surface area contributed by atoms with Gasteiger partial charge in [-0.15, -0.1) is 0 Å². The molecule has 2 aromatic rings. The fourth-order valence-corrected chi connectivity index (χ4v) is 6.67. The average Bonchev–Trinajstić information content (AvgIpc) is 3.12. The van der Waals surface area contributed by atoms with E-state index in [1.54, 1.807) is 48.5 Å². The molecule has 0 unspecified atom stereocenters. The van der Waals surface area contributed by atoms with E-state index < -0.39 is 23.7 Å². The van der Waals surface area contributed by atoms with Gasteiger partial charge >= 0.3 is 0 Å². The lowest BCUT2D eigenvalue weighted by atomic mass is 9.59. The number of phenolic OH excluding ortho intramolecular Hbond substituents is 1. The molecule has 3 aliphatic carbocycles. The van der Waals surface area contributed by atoms with Crippen LogP contribution in [0, 0.1) is 17.8 Å². The Morgan fingerprint density at radius 3 is 2.31 bits per heavy atom. The number of carbonyl (C=O) groups excluding carboxylic acids is 4. The summed E-state index contributed by atoms with van der Waals surface area (Å²) in [7, 11) is 0. The van der Waals surface area contributed by atoms with Crippen LogP contribution in [0.3, 0.4) is 0 Å². The minimum Gasteiger partial charge on any atom is -0.508 e. The zero-order chi connectivity index (χ0) is 25.3. The van der Waals surface area contributed by atoms with Gasteiger partial charge in [0.1, 0.15) is 5.75 Å². The highest BCUT2D eigenvalue weighted by atomic mass is 79.9. The Balaban J connectivity index is 1.48. The van der Waals surface area contributed by atoms with Gasteiger partial charge in [-0.3, -0.25) is 24.1 Å².